The molecule has 2 rings (SSSR count). The zero-order valence-corrected chi connectivity index (χ0v) is 9.60. The molecule has 0 spiro atoms. The number of benzene rings is 2. The lowest BCUT2D eigenvalue weighted by Gasteiger charge is -2.10. The minimum Gasteiger partial charge on any atom is -0.505 e. The van der Waals surface area contributed by atoms with Crippen molar-refractivity contribution < 1.29 is 31.4 Å². The van der Waals surface area contributed by atoms with Gasteiger partial charge in [0, 0.05) is 11.1 Å². The zero-order chi connectivity index (χ0) is 15.1. The van der Waals surface area contributed by atoms with Gasteiger partial charge in [0.25, 0.3) is 0 Å². The molecule has 106 valence electrons. The molecule has 0 atom stereocenters. The first-order valence-electron chi connectivity index (χ1n) is 5.26. The first kappa shape index (κ1) is 14.2. The van der Waals surface area contributed by atoms with Crippen molar-refractivity contribution in [3.8, 4) is 16.9 Å². The Kier molecular flexibility index (Phi) is 3.37. The molecule has 1 nitrogen and oxygen atoms in total. The van der Waals surface area contributed by atoms with Gasteiger partial charge in [-0.15, -0.1) is 0 Å². The Morgan fingerprint density at radius 1 is 0.800 bits per heavy atom. The lowest BCUT2D eigenvalue weighted by Crippen LogP contribution is -2.05. The maximum atomic E-state index is 13.6. The fourth-order valence-electron chi connectivity index (χ4n) is 1.66. The Balaban J connectivity index is 2.58. The second-order valence-electron chi connectivity index (χ2n) is 3.95. The molecule has 0 aromatic heterocycles. The Bertz CT molecular complexity index is 663. The van der Waals surface area contributed by atoms with Gasteiger partial charge in [-0.2, -0.15) is 17.6 Å². The van der Waals surface area contributed by atoms with E-state index in [4.69, 9.17) is 5.11 Å². The van der Waals surface area contributed by atoms with Crippen molar-refractivity contribution >= 4 is 0 Å². The highest BCUT2D eigenvalue weighted by Gasteiger charge is 2.31. The monoisotopic (exact) mass is 292 g/mol. The van der Waals surface area contributed by atoms with Gasteiger partial charge in [-0.05, 0) is 24.3 Å². The number of phenolic OH excluding ortho intramolecular Hbond substituents is 1. The Morgan fingerprint density at radius 3 is 1.95 bits per heavy atom. The smallest absolute Gasteiger partial charge is 0.416 e. The van der Waals surface area contributed by atoms with Crippen molar-refractivity contribution in [1.82, 2.24) is 0 Å². The highest BCUT2D eigenvalue weighted by molar-refractivity contribution is 5.66. The van der Waals surface area contributed by atoms with E-state index >= 15 is 0 Å². The van der Waals surface area contributed by atoms with Gasteiger partial charge < -0.3 is 5.11 Å². The largest absolute Gasteiger partial charge is 0.505 e. The predicted octanol–water partition coefficient (Wildman–Crippen LogP) is 4.50. The van der Waals surface area contributed by atoms with E-state index in [1.54, 1.807) is 0 Å². The molecule has 7 heteroatoms. The van der Waals surface area contributed by atoms with E-state index in [1.165, 1.54) is 0 Å². The van der Waals surface area contributed by atoms with Crippen molar-refractivity contribution in [2.75, 3.05) is 0 Å². The SMILES string of the molecule is Oc1ccc(-c2ccc(C(F)(F)F)cc2F)c(F)c1F. The molecule has 0 saturated heterocycles. The topological polar surface area (TPSA) is 20.2 Å². The lowest BCUT2D eigenvalue weighted by atomic mass is 10.0. The van der Waals surface area contributed by atoms with Crippen LogP contribution >= 0.6 is 0 Å². The van der Waals surface area contributed by atoms with Crippen molar-refractivity contribution in [3.63, 3.8) is 0 Å². The maximum absolute atomic E-state index is 13.6. The van der Waals surface area contributed by atoms with E-state index in [-0.39, 0.29) is 6.07 Å². The van der Waals surface area contributed by atoms with E-state index in [0.29, 0.717) is 12.1 Å². The van der Waals surface area contributed by atoms with E-state index in [9.17, 15) is 26.3 Å². The Hall–Kier alpha value is -2.18. The van der Waals surface area contributed by atoms with Crippen LogP contribution in [0.2, 0.25) is 0 Å². The third kappa shape index (κ3) is 2.43. The summed E-state index contributed by atoms with van der Waals surface area (Å²) in [5.41, 5.74) is -2.35. The van der Waals surface area contributed by atoms with Crippen LogP contribution in [0.1, 0.15) is 5.56 Å². The van der Waals surface area contributed by atoms with Gasteiger partial charge in [-0.25, -0.2) is 8.78 Å². The number of rotatable bonds is 1. The molecule has 20 heavy (non-hydrogen) atoms. The molecule has 0 aliphatic rings. The molecule has 2 aromatic carbocycles. The third-order valence-corrected chi connectivity index (χ3v) is 2.65. The molecule has 0 heterocycles. The molecule has 2 aromatic rings. The average molecular weight is 292 g/mol. The van der Waals surface area contributed by atoms with Gasteiger partial charge in [-0.3, -0.25) is 0 Å². The van der Waals surface area contributed by atoms with E-state index in [2.05, 4.69) is 0 Å². The summed E-state index contributed by atoms with van der Waals surface area (Å²) in [4.78, 5) is 0. The van der Waals surface area contributed by atoms with Crippen molar-refractivity contribution in [3.05, 3.63) is 53.3 Å². The van der Waals surface area contributed by atoms with Crippen LogP contribution in [0.3, 0.4) is 0 Å². The maximum Gasteiger partial charge on any atom is 0.416 e. The molecule has 0 fully saturated rings. The Morgan fingerprint density at radius 2 is 1.40 bits per heavy atom. The van der Waals surface area contributed by atoms with Crippen LogP contribution in [-0.4, -0.2) is 5.11 Å². The molecule has 0 radical (unpaired) electrons. The van der Waals surface area contributed by atoms with Crippen LogP contribution in [0.4, 0.5) is 26.3 Å². The Labute approximate surface area is 109 Å². The van der Waals surface area contributed by atoms with Crippen LogP contribution < -0.4 is 0 Å². The molecule has 0 bridgehead atoms. The fourth-order valence-corrected chi connectivity index (χ4v) is 1.66. The van der Waals surface area contributed by atoms with Crippen LogP contribution in [-0.2, 0) is 6.18 Å². The number of phenols is 1. The average Bonchev–Trinajstić information content (AvgIpc) is 2.36. The zero-order valence-electron chi connectivity index (χ0n) is 9.60. The van der Waals surface area contributed by atoms with Gasteiger partial charge in [-0.1, -0.05) is 6.07 Å². The minimum atomic E-state index is -4.74. The molecule has 1 N–H and O–H groups in total. The first-order chi connectivity index (χ1) is 9.21. The van der Waals surface area contributed by atoms with Crippen molar-refractivity contribution in [1.29, 1.82) is 0 Å². The third-order valence-electron chi connectivity index (χ3n) is 2.65. The quantitative estimate of drug-likeness (QED) is 0.767. The highest BCUT2D eigenvalue weighted by Crippen LogP contribution is 2.35. The van der Waals surface area contributed by atoms with Crippen LogP contribution in [0.25, 0.3) is 11.1 Å². The number of alkyl halides is 3. The molecular formula is C13H6F6O. The molecule has 0 unspecified atom stereocenters. The van der Waals surface area contributed by atoms with Crippen LogP contribution in [0.5, 0.6) is 5.75 Å². The first-order valence-corrected chi connectivity index (χ1v) is 5.26. The van der Waals surface area contributed by atoms with E-state index < -0.39 is 46.1 Å². The van der Waals surface area contributed by atoms with Crippen LogP contribution in [0, 0.1) is 17.5 Å². The fraction of sp³-hybridized carbons (Fsp3) is 0.0769. The summed E-state index contributed by atoms with van der Waals surface area (Å²) in [5, 5.41) is 8.93. The number of aromatic hydroxyl groups is 1. The molecule has 0 aliphatic carbocycles. The second-order valence-corrected chi connectivity index (χ2v) is 3.95. The van der Waals surface area contributed by atoms with Gasteiger partial charge >= 0.3 is 6.18 Å². The summed E-state index contributed by atoms with van der Waals surface area (Å²) >= 11 is 0. The summed E-state index contributed by atoms with van der Waals surface area (Å²) in [5.74, 6) is -5.45. The lowest BCUT2D eigenvalue weighted by molar-refractivity contribution is -0.137. The summed E-state index contributed by atoms with van der Waals surface area (Å²) in [7, 11) is 0. The number of halogens is 6. The van der Waals surface area contributed by atoms with Gasteiger partial charge in [0.15, 0.2) is 11.6 Å². The van der Waals surface area contributed by atoms with Gasteiger partial charge in [0.1, 0.15) is 5.82 Å². The van der Waals surface area contributed by atoms with Crippen molar-refractivity contribution in [2.24, 2.45) is 0 Å². The number of hydrogen-bond donors (Lipinski definition) is 1. The predicted molar refractivity (Wildman–Crippen MR) is 58.4 cm³/mol. The van der Waals surface area contributed by atoms with Crippen molar-refractivity contribution in [2.45, 2.75) is 6.18 Å². The summed E-state index contributed by atoms with van der Waals surface area (Å²) in [6.07, 6.45) is -4.74. The van der Waals surface area contributed by atoms with Crippen LogP contribution in [0.15, 0.2) is 30.3 Å². The van der Waals surface area contributed by atoms with Gasteiger partial charge in [0.05, 0.1) is 5.56 Å². The molecule has 0 saturated carbocycles. The van der Waals surface area contributed by atoms with E-state index in [0.717, 1.165) is 12.1 Å². The summed E-state index contributed by atoms with van der Waals surface area (Å²) < 4.78 is 77.4. The second kappa shape index (κ2) is 4.73. The molecular weight excluding hydrogens is 286 g/mol. The van der Waals surface area contributed by atoms with Gasteiger partial charge in [0.2, 0.25) is 5.82 Å². The minimum absolute atomic E-state index is 0.194. The normalized spacial score (nSPS) is 11.7. The summed E-state index contributed by atoms with van der Waals surface area (Å²) in [6.45, 7) is 0. The molecule has 0 amide bonds. The van der Waals surface area contributed by atoms with E-state index in [1.807, 2.05) is 0 Å². The summed E-state index contributed by atoms with van der Waals surface area (Å²) in [6, 6.07) is 3.11. The number of hydrogen-bond acceptors (Lipinski definition) is 1. The standard InChI is InChI=1S/C13H6F6O/c14-9-5-6(13(17,18)19)1-2-7(9)8-3-4-10(20)12(16)11(8)15/h1-5,20H. The highest BCUT2D eigenvalue weighted by atomic mass is 19.4. The molecule has 0 aliphatic heterocycles.